The van der Waals surface area contributed by atoms with Gasteiger partial charge in [0.2, 0.25) is 0 Å². The van der Waals surface area contributed by atoms with Crippen LogP contribution in [0.4, 0.5) is 5.69 Å². The zero-order valence-corrected chi connectivity index (χ0v) is 10.6. The molecule has 0 saturated carbocycles. The molecule has 2 aromatic rings. The molecule has 6 heteroatoms. The molecule has 0 atom stereocenters. The van der Waals surface area contributed by atoms with E-state index in [1.165, 1.54) is 29.0 Å². The molecule has 1 amide bonds. The lowest BCUT2D eigenvalue weighted by atomic mass is 10.1. The van der Waals surface area contributed by atoms with E-state index in [2.05, 4.69) is 5.32 Å². The number of aromatic carboxylic acids is 1. The highest BCUT2D eigenvalue weighted by Gasteiger charge is 2.12. The molecule has 2 N–H and O–H groups in total. The van der Waals surface area contributed by atoms with Crippen LogP contribution < -0.4 is 5.32 Å². The molecule has 100 valence electrons. The molecule has 0 spiro atoms. The molecule has 1 aromatic heterocycles. The molecule has 20 heavy (non-hydrogen) atoms. The van der Waals surface area contributed by atoms with Crippen molar-refractivity contribution >= 4 is 17.6 Å². The Bertz CT molecular complexity index is 708. The number of carbonyl (C=O) groups is 2. The van der Waals surface area contributed by atoms with Crippen molar-refractivity contribution in [3.8, 4) is 6.07 Å². The van der Waals surface area contributed by atoms with Crippen molar-refractivity contribution in [2.75, 3.05) is 5.32 Å². The van der Waals surface area contributed by atoms with Crippen LogP contribution in [-0.2, 0) is 7.05 Å². The van der Waals surface area contributed by atoms with Crippen molar-refractivity contribution in [3.05, 3.63) is 53.3 Å². The fourth-order valence-electron chi connectivity index (χ4n) is 1.74. The van der Waals surface area contributed by atoms with Gasteiger partial charge in [0.15, 0.2) is 0 Å². The molecule has 0 aliphatic rings. The second-order valence-electron chi connectivity index (χ2n) is 4.17. The highest BCUT2D eigenvalue weighted by molar-refractivity contribution is 6.04. The number of nitrogens with one attached hydrogen (secondary N) is 1. The van der Waals surface area contributed by atoms with E-state index in [1.807, 2.05) is 6.07 Å². The van der Waals surface area contributed by atoms with Crippen LogP contribution >= 0.6 is 0 Å². The third-order valence-corrected chi connectivity index (χ3v) is 2.76. The fraction of sp³-hybridized carbons (Fsp3) is 0.0714. The number of carboxylic acid groups (broad SMARTS) is 1. The number of anilines is 1. The van der Waals surface area contributed by atoms with Gasteiger partial charge in [-0.25, -0.2) is 4.79 Å². The van der Waals surface area contributed by atoms with Gasteiger partial charge >= 0.3 is 5.97 Å². The molecule has 0 aliphatic heterocycles. The summed E-state index contributed by atoms with van der Waals surface area (Å²) in [6.45, 7) is 0. The van der Waals surface area contributed by atoms with Crippen LogP contribution in [-0.4, -0.2) is 21.6 Å². The van der Waals surface area contributed by atoms with Gasteiger partial charge in [-0.2, -0.15) is 5.26 Å². The van der Waals surface area contributed by atoms with Gasteiger partial charge in [0, 0.05) is 18.8 Å². The van der Waals surface area contributed by atoms with Crippen molar-refractivity contribution in [2.45, 2.75) is 0 Å². The second-order valence-corrected chi connectivity index (χ2v) is 4.17. The molecule has 0 aliphatic carbocycles. The summed E-state index contributed by atoms with van der Waals surface area (Å²) in [6.07, 6.45) is 1.52. The van der Waals surface area contributed by atoms with Gasteiger partial charge in [0.1, 0.15) is 5.69 Å². The van der Waals surface area contributed by atoms with Gasteiger partial charge in [-0.05, 0) is 30.3 Å². The number of hydrogen-bond donors (Lipinski definition) is 2. The summed E-state index contributed by atoms with van der Waals surface area (Å²) in [7, 11) is 1.58. The third-order valence-electron chi connectivity index (χ3n) is 2.76. The monoisotopic (exact) mass is 269 g/mol. The van der Waals surface area contributed by atoms with Gasteiger partial charge in [-0.1, -0.05) is 0 Å². The van der Waals surface area contributed by atoms with Crippen LogP contribution in [0.1, 0.15) is 26.4 Å². The van der Waals surface area contributed by atoms with Crippen molar-refractivity contribution in [1.29, 1.82) is 5.26 Å². The van der Waals surface area contributed by atoms with E-state index in [0.29, 0.717) is 16.8 Å². The summed E-state index contributed by atoms with van der Waals surface area (Å²) in [5.74, 6) is -1.43. The Morgan fingerprint density at radius 3 is 2.45 bits per heavy atom. The first-order valence-corrected chi connectivity index (χ1v) is 5.72. The van der Waals surface area contributed by atoms with Crippen LogP contribution in [0.15, 0.2) is 36.5 Å². The van der Waals surface area contributed by atoms with Crippen LogP contribution in [0, 0.1) is 11.3 Å². The maximum Gasteiger partial charge on any atom is 0.352 e. The number of carboxylic acids is 1. The lowest BCUT2D eigenvalue weighted by molar-refractivity contribution is 0.0686. The van der Waals surface area contributed by atoms with Crippen molar-refractivity contribution < 1.29 is 14.7 Å². The molecule has 0 unspecified atom stereocenters. The molecule has 6 nitrogen and oxygen atoms in total. The average molecular weight is 269 g/mol. The first kappa shape index (κ1) is 13.4. The normalized spacial score (nSPS) is 9.80. The smallest absolute Gasteiger partial charge is 0.352 e. The maximum absolute atomic E-state index is 12.0. The summed E-state index contributed by atoms with van der Waals surface area (Å²) >= 11 is 0. The van der Waals surface area contributed by atoms with E-state index in [4.69, 9.17) is 10.4 Å². The van der Waals surface area contributed by atoms with Crippen molar-refractivity contribution in [2.24, 2.45) is 7.05 Å². The summed E-state index contributed by atoms with van der Waals surface area (Å²) in [5.41, 5.74) is 1.35. The number of aromatic nitrogens is 1. The summed E-state index contributed by atoms with van der Waals surface area (Å²) in [5, 5.41) is 20.2. The predicted octanol–water partition coefficient (Wildman–Crippen LogP) is 1.85. The number of carbonyl (C=O) groups excluding carboxylic acids is 1. The minimum atomic E-state index is -1.06. The highest BCUT2D eigenvalue weighted by Crippen LogP contribution is 2.14. The van der Waals surface area contributed by atoms with Gasteiger partial charge < -0.3 is 15.0 Å². The molecular weight excluding hydrogens is 258 g/mol. The summed E-state index contributed by atoms with van der Waals surface area (Å²) in [4.78, 5) is 22.9. The van der Waals surface area contributed by atoms with Gasteiger partial charge in [0.05, 0.1) is 17.3 Å². The Morgan fingerprint density at radius 1 is 1.30 bits per heavy atom. The number of amides is 1. The Labute approximate surface area is 114 Å². The van der Waals surface area contributed by atoms with Gasteiger partial charge in [0.25, 0.3) is 5.91 Å². The molecule has 1 aromatic carbocycles. The summed E-state index contributed by atoms with van der Waals surface area (Å²) in [6, 6.07) is 9.51. The number of hydrogen-bond acceptors (Lipinski definition) is 3. The lowest BCUT2D eigenvalue weighted by Gasteiger charge is -2.02. The van der Waals surface area contributed by atoms with Gasteiger partial charge in [-0.3, -0.25) is 4.79 Å². The van der Waals surface area contributed by atoms with Crippen molar-refractivity contribution in [1.82, 2.24) is 4.57 Å². The standard InChI is InChI=1S/C14H11N3O3/c1-17-8-11(6-12(17)14(19)20)16-13(18)10-4-2-9(7-15)3-5-10/h2-6,8H,1H3,(H,16,18)(H,19,20). The molecule has 0 bridgehead atoms. The Balaban J connectivity index is 2.17. The fourth-order valence-corrected chi connectivity index (χ4v) is 1.74. The van der Waals surface area contributed by atoms with E-state index < -0.39 is 5.97 Å². The van der Waals surface area contributed by atoms with E-state index in [-0.39, 0.29) is 11.6 Å². The Morgan fingerprint density at radius 2 is 1.95 bits per heavy atom. The molecule has 1 heterocycles. The minimum Gasteiger partial charge on any atom is -0.477 e. The molecule has 0 fully saturated rings. The first-order valence-electron chi connectivity index (χ1n) is 5.72. The lowest BCUT2D eigenvalue weighted by Crippen LogP contribution is -2.11. The zero-order valence-electron chi connectivity index (χ0n) is 10.6. The van der Waals surface area contributed by atoms with E-state index in [1.54, 1.807) is 19.2 Å². The Hall–Kier alpha value is -3.07. The number of nitrogens with zero attached hydrogens (tertiary/aromatic N) is 2. The number of aryl methyl sites for hydroxylation is 1. The topological polar surface area (TPSA) is 95.1 Å². The first-order chi connectivity index (χ1) is 9.51. The molecule has 2 rings (SSSR count). The average Bonchev–Trinajstić information content (AvgIpc) is 2.79. The summed E-state index contributed by atoms with van der Waals surface area (Å²) < 4.78 is 1.41. The quantitative estimate of drug-likeness (QED) is 0.888. The van der Waals surface area contributed by atoms with Crippen LogP contribution in [0.3, 0.4) is 0 Å². The molecular formula is C14H11N3O3. The predicted molar refractivity (Wildman–Crippen MR) is 71.5 cm³/mol. The SMILES string of the molecule is Cn1cc(NC(=O)c2ccc(C#N)cc2)cc1C(=O)O. The largest absolute Gasteiger partial charge is 0.477 e. The minimum absolute atomic E-state index is 0.0835. The maximum atomic E-state index is 12.0. The van der Waals surface area contributed by atoms with E-state index in [9.17, 15) is 9.59 Å². The van der Waals surface area contributed by atoms with Gasteiger partial charge in [-0.15, -0.1) is 0 Å². The zero-order chi connectivity index (χ0) is 14.7. The van der Waals surface area contributed by atoms with E-state index >= 15 is 0 Å². The highest BCUT2D eigenvalue weighted by atomic mass is 16.4. The second kappa shape index (κ2) is 5.28. The number of nitriles is 1. The molecule has 0 saturated heterocycles. The Kier molecular flexibility index (Phi) is 3.53. The molecule has 0 radical (unpaired) electrons. The van der Waals surface area contributed by atoms with Crippen LogP contribution in [0.25, 0.3) is 0 Å². The number of rotatable bonds is 3. The van der Waals surface area contributed by atoms with Crippen molar-refractivity contribution in [3.63, 3.8) is 0 Å². The van der Waals surface area contributed by atoms with Crippen LogP contribution in [0.2, 0.25) is 0 Å². The third kappa shape index (κ3) is 2.67. The van der Waals surface area contributed by atoms with Crippen LogP contribution in [0.5, 0.6) is 0 Å². The number of benzene rings is 1. The van der Waals surface area contributed by atoms with E-state index in [0.717, 1.165) is 0 Å².